The van der Waals surface area contributed by atoms with Crippen molar-refractivity contribution in [1.29, 1.82) is 0 Å². The molecule has 0 aliphatic carbocycles. The number of methoxy groups -OCH3 is 1. The summed E-state index contributed by atoms with van der Waals surface area (Å²) in [4.78, 5) is 24.3. The van der Waals surface area contributed by atoms with Crippen molar-refractivity contribution in [3.63, 3.8) is 0 Å². The largest absolute Gasteiger partial charge is 0.469 e. The molecular formula is C13H16BrNO3. The zero-order valence-electron chi connectivity index (χ0n) is 10.5. The molecule has 0 radical (unpaired) electrons. The Morgan fingerprint density at radius 3 is 2.67 bits per heavy atom. The normalized spacial score (nSPS) is 9.94. The monoisotopic (exact) mass is 313 g/mol. The summed E-state index contributed by atoms with van der Waals surface area (Å²) in [5.74, 6) is -0.431. The second-order valence-corrected chi connectivity index (χ2v) is 4.87. The lowest BCUT2D eigenvalue weighted by Crippen LogP contribution is -2.26. The van der Waals surface area contributed by atoms with Gasteiger partial charge in [0.1, 0.15) is 0 Å². The first-order valence-corrected chi connectivity index (χ1v) is 6.37. The summed E-state index contributed by atoms with van der Waals surface area (Å²) in [6.45, 7) is 0.527. The predicted molar refractivity (Wildman–Crippen MR) is 71.9 cm³/mol. The van der Waals surface area contributed by atoms with Crippen LogP contribution in [0.1, 0.15) is 18.4 Å². The summed E-state index contributed by atoms with van der Waals surface area (Å²) >= 11 is 3.38. The Morgan fingerprint density at radius 1 is 1.33 bits per heavy atom. The molecule has 0 saturated carbocycles. The van der Waals surface area contributed by atoms with E-state index in [0.29, 0.717) is 6.54 Å². The molecule has 0 N–H and O–H groups in total. The van der Waals surface area contributed by atoms with Crippen molar-refractivity contribution in [2.75, 3.05) is 14.2 Å². The molecule has 0 heterocycles. The minimum atomic E-state index is -0.362. The summed E-state index contributed by atoms with van der Waals surface area (Å²) in [7, 11) is 3.04. The van der Waals surface area contributed by atoms with E-state index in [2.05, 4.69) is 20.7 Å². The molecule has 18 heavy (non-hydrogen) atoms. The molecule has 0 spiro atoms. The maximum absolute atomic E-state index is 11.8. The molecule has 1 rings (SSSR count). The molecule has 0 aromatic heterocycles. The first-order chi connectivity index (χ1) is 8.52. The Labute approximate surface area is 115 Å². The lowest BCUT2D eigenvalue weighted by molar-refractivity contribution is -0.143. The molecule has 1 amide bonds. The van der Waals surface area contributed by atoms with E-state index < -0.39 is 0 Å². The van der Waals surface area contributed by atoms with Crippen LogP contribution >= 0.6 is 15.9 Å². The van der Waals surface area contributed by atoms with Crippen LogP contribution < -0.4 is 0 Å². The van der Waals surface area contributed by atoms with Crippen molar-refractivity contribution >= 4 is 27.8 Å². The van der Waals surface area contributed by atoms with Crippen LogP contribution in [0.4, 0.5) is 0 Å². The van der Waals surface area contributed by atoms with Gasteiger partial charge in [-0.1, -0.05) is 28.1 Å². The van der Waals surface area contributed by atoms with Gasteiger partial charge >= 0.3 is 5.97 Å². The first kappa shape index (κ1) is 14.7. The fourth-order valence-corrected chi connectivity index (χ4v) is 1.95. The molecule has 98 valence electrons. The molecule has 0 fully saturated rings. The highest BCUT2D eigenvalue weighted by Gasteiger charge is 2.11. The summed E-state index contributed by atoms with van der Waals surface area (Å²) in [5, 5.41) is 0. The first-order valence-electron chi connectivity index (χ1n) is 5.58. The van der Waals surface area contributed by atoms with Crippen molar-refractivity contribution in [3.8, 4) is 0 Å². The number of ether oxygens (including phenoxy) is 1. The molecule has 1 aromatic rings. The maximum Gasteiger partial charge on any atom is 0.306 e. The van der Waals surface area contributed by atoms with Gasteiger partial charge in [0.2, 0.25) is 5.91 Å². The lowest BCUT2D eigenvalue weighted by atomic mass is 10.2. The molecule has 0 unspecified atom stereocenters. The molecule has 0 atom stereocenters. The van der Waals surface area contributed by atoms with Gasteiger partial charge in [0, 0.05) is 24.5 Å². The molecule has 0 bridgehead atoms. The van der Waals surface area contributed by atoms with Gasteiger partial charge in [0.05, 0.1) is 13.5 Å². The van der Waals surface area contributed by atoms with Crippen LogP contribution in [0.15, 0.2) is 28.7 Å². The van der Waals surface area contributed by atoms with E-state index in [4.69, 9.17) is 0 Å². The number of benzene rings is 1. The van der Waals surface area contributed by atoms with Gasteiger partial charge in [-0.05, 0) is 17.7 Å². The molecule has 4 nitrogen and oxygen atoms in total. The summed E-state index contributed by atoms with van der Waals surface area (Å²) in [5.41, 5.74) is 1.04. The Morgan fingerprint density at radius 2 is 2.06 bits per heavy atom. The van der Waals surface area contributed by atoms with E-state index in [9.17, 15) is 9.59 Å². The van der Waals surface area contributed by atoms with Crippen molar-refractivity contribution in [1.82, 2.24) is 4.90 Å². The van der Waals surface area contributed by atoms with Crippen LogP contribution in [0.25, 0.3) is 0 Å². The zero-order chi connectivity index (χ0) is 13.5. The van der Waals surface area contributed by atoms with E-state index in [1.165, 1.54) is 7.11 Å². The number of carbonyl (C=O) groups is 2. The second-order valence-electron chi connectivity index (χ2n) is 3.96. The van der Waals surface area contributed by atoms with Crippen LogP contribution in [0, 0.1) is 0 Å². The SMILES string of the molecule is COC(=O)CCC(=O)N(C)Cc1cccc(Br)c1. The Balaban J connectivity index is 2.47. The third-order valence-electron chi connectivity index (χ3n) is 2.51. The van der Waals surface area contributed by atoms with Crippen LogP contribution in [0.2, 0.25) is 0 Å². The number of hydrogen-bond acceptors (Lipinski definition) is 3. The minimum Gasteiger partial charge on any atom is -0.469 e. The smallest absolute Gasteiger partial charge is 0.306 e. The van der Waals surface area contributed by atoms with Crippen molar-refractivity contribution in [2.24, 2.45) is 0 Å². The highest BCUT2D eigenvalue weighted by Crippen LogP contribution is 2.13. The Bertz CT molecular complexity index is 434. The van der Waals surface area contributed by atoms with Crippen molar-refractivity contribution < 1.29 is 14.3 Å². The fraction of sp³-hybridized carbons (Fsp3) is 0.385. The summed E-state index contributed by atoms with van der Waals surface area (Å²) in [6, 6.07) is 7.77. The molecule has 0 aliphatic heterocycles. The second kappa shape index (κ2) is 7.16. The quantitative estimate of drug-likeness (QED) is 0.784. The molecule has 0 aliphatic rings. The highest BCUT2D eigenvalue weighted by atomic mass is 79.9. The highest BCUT2D eigenvalue weighted by molar-refractivity contribution is 9.10. The van der Waals surface area contributed by atoms with Gasteiger partial charge < -0.3 is 9.64 Å². The van der Waals surface area contributed by atoms with E-state index >= 15 is 0 Å². The van der Waals surface area contributed by atoms with E-state index in [0.717, 1.165) is 10.0 Å². The maximum atomic E-state index is 11.8. The number of amides is 1. The average molecular weight is 314 g/mol. The van der Waals surface area contributed by atoms with Gasteiger partial charge in [-0.3, -0.25) is 9.59 Å². The van der Waals surface area contributed by atoms with Gasteiger partial charge in [0.25, 0.3) is 0 Å². The number of carbonyl (C=O) groups excluding carboxylic acids is 2. The standard InChI is InChI=1S/C13H16BrNO3/c1-15(12(16)6-7-13(17)18-2)9-10-4-3-5-11(14)8-10/h3-5,8H,6-7,9H2,1-2H3. The summed E-state index contributed by atoms with van der Waals surface area (Å²) < 4.78 is 5.48. The number of nitrogens with zero attached hydrogens (tertiary/aromatic N) is 1. The van der Waals surface area contributed by atoms with E-state index in [1.807, 2.05) is 24.3 Å². The zero-order valence-corrected chi connectivity index (χ0v) is 12.1. The van der Waals surface area contributed by atoms with Crippen molar-refractivity contribution in [2.45, 2.75) is 19.4 Å². The van der Waals surface area contributed by atoms with Crippen LogP contribution in [0.5, 0.6) is 0 Å². The topological polar surface area (TPSA) is 46.6 Å². The number of rotatable bonds is 5. The third-order valence-corrected chi connectivity index (χ3v) is 3.00. The molecular weight excluding hydrogens is 298 g/mol. The Kier molecular flexibility index (Phi) is 5.85. The van der Waals surface area contributed by atoms with Gasteiger partial charge in [-0.25, -0.2) is 0 Å². The number of halogens is 1. The summed E-state index contributed by atoms with van der Waals surface area (Å²) in [6.07, 6.45) is 0.301. The fourth-order valence-electron chi connectivity index (χ4n) is 1.50. The number of hydrogen-bond donors (Lipinski definition) is 0. The minimum absolute atomic E-state index is 0.0691. The van der Waals surface area contributed by atoms with Gasteiger partial charge in [0.15, 0.2) is 0 Å². The Hall–Kier alpha value is -1.36. The van der Waals surface area contributed by atoms with E-state index in [-0.39, 0.29) is 24.7 Å². The third kappa shape index (κ3) is 4.87. The van der Waals surface area contributed by atoms with E-state index in [1.54, 1.807) is 11.9 Å². The van der Waals surface area contributed by atoms with Gasteiger partial charge in [-0.2, -0.15) is 0 Å². The molecule has 0 saturated heterocycles. The van der Waals surface area contributed by atoms with Crippen LogP contribution in [0.3, 0.4) is 0 Å². The average Bonchev–Trinajstić information content (AvgIpc) is 2.35. The van der Waals surface area contributed by atoms with Crippen LogP contribution in [-0.4, -0.2) is 30.9 Å². The number of esters is 1. The predicted octanol–water partition coefficient (Wildman–Crippen LogP) is 2.36. The van der Waals surface area contributed by atoms with Crippen molar-refractivity contribution in [3.05, 3.63) is 34.3 Å². The lowest BCUT2D eigenvalue weighted by Gasteiger charge is -2.17. The van der Waals surface area contributed by atoms with Gasteiger partial charge in [-0.15, -0.1) is 0 Å². The molecule has 5 heteroatoms. The van der Waals surface area contributed by atoms with Crippen LogP contribution in [-0.2, 0) is 20.9 Å². The molecule has 1 aromatic carbocycles.